The Morgan fingerprint density at radius 2 is 2.10 bits per heavy atom. The van der Waals surface area contributed by atoms with Gasteiger partial charge in [0.05, 0.1) is 11.7 Å². The molecule has 2 N–H and O–H groups in total. The fraction of sp³-hybridized carbons (Fsp3) is 0.500. The Kier molecular flexibility index (Phi) is 5.28. The molecule has 0 aromatic heterocycles. The molecule has 2 atom stereocenters. The zero-order chi connectivity index (χ0) is 15.4. The highest BCUT2D eigenvalue weighted by atomic mass is 32.2. The van der Waals surface area contributed by atoms with E-state index < -0.39 is 11.9 Å². The van der Waals surface area contributed by atoms with Gasteiger partial charge >= 0.3 is 5.97 Å². The Labute approximate surface area is 129 Å². The molecule has 0 saturated heterocycles. The first-order chi connectivity index (χ1) is 9.97. The molecule has 0 bridgehead atoms. The van der Waals surface area contributed by atoms with Crippen molar-refractivity contribution in [2.45, 2.75) is 44.0 Å². The number of nitrogens with one attached hydrogen (secondary N) is 1. The molecule has 1 saturated carbocycles. The van der Waals surface area contributed by atoms with Crippen LogP contribution in [0.15, 0.2) is 23.1 Å². The molecule has 0 radical (unpaired) electrons. The number of carboxylic acids is 1. The lowest BCUT2D eigenvalue weighted by Gasteiger charge is -2.17. The summed E-state index contributed by atoms with van der Waals surface area (Å²) in [5, 5.41) is 12.0. The van der Waals surface area contributed by atoms with Crippen LogP contribution in [-0.4, -0.2) is 28.8 Å². The van der Waals surface area contributed by atoms with E-state index in [0.29, 0.717) is 12.2 Å². The van der Waals surface area contributed by atoms with Crippen molar-refractivity contribution in [1.82, 2.24) is 5.32 Å². The van der Waals surface area contributed by atoms with Crippen LogP contribution in [0, 0.1) is 19.8 Å². The van der Waals surface area contributed by atoms with Crippen molar-refractivity contribution in [3.63, 3.8) is 0 Å². The molecule has 21 heavy (non-hydrogen) atoms. The standard InChI is InChI=1S/C16H21NO3S/c1-10-6-7-11(2)14(8-10)21-9-15(18)17-13-5-3-4-12(13)16(19)20/h6-8,12-13H,3-5,9H2,1-2H3,(H,17,18)(H,19,20)/t12-,13+/m0/s1. The maximum Gasteiger partial charge on any atom is 0.308 e. The summed E-state index contributed by atoms with van der Waals surface area (Å²) in [6, 6.07) is 5.96. The molecule has 0 unspecified atom stereocenters. The van der Waals surface area contributed by atoms with Gasteiger partial charge in [0, 0.05) is 10.9 Å². The van der Waals surface area contributed by atoms with Crippen LogP contribution in [0.3, 0.4) is 0 Å². The normalized spacial score (nSPS) is 21.2. The monoisotopic (exact) mass is 307 g/mol. The molecule has 2 rings (SSSR count). The first-order valence-corrected chi connectivity index (χ1v) is 8.18. The highest BCUT2D eigenvalue weighted by Crippen LogP contribution is 2.27. The number of hydrogen-bond donors (Lipinski definition) is 2. The number of carbonyl (C=O) groups excluding carboxylic acids is 1. The van der Waals surface area contributed by atoms with Gasteiger partial charge in [0.15, 0.2) is 0 Å². The van der Waals surface area contributed by atoms with Crippen LogP contribution in [0.5, 0.6) is 0 Å². The van der Waals surface area contributed by atoms with Gasteiger partial charge in [-0.1, -0.05) is 24.1 Å². The maximum absolute atomic E-state index is 12.0. The number of aryl methyl sites for hydroxylation is 2. The van der Waals surface area contributed by atoms with Crippen LogP contribution in [0.1, 0.15) is 30.4 Å². The lowest BCUT2D eigenvalue weighted by Crippen LogP contribution is -2.41. The summed E-state index contributed by atoms with van der Waals surface area (Å²) in [7, 11) is 0. The number of hydrogen-bond acceptors (Lipinski definition) is 3. The Balaban J connectivity index is 1.87. The Morgan fingerprint density at radius 3 is 2.81 bits per heavy atom. The Morgan fingerprint density at radius 1 is 1.33 bits per heavy atom. The topological polar surface area (TPSA) is 66.4 Å². The number of carbonyl (C=O) groups is 2. The van der Waals surface area contributed by atoms with Crippen LogP contribution in [0.25, 0.3) is 0 Å². The van der Waals surface area contributed by atoms with Crippen LogP contribution in [0.2, 0.25) is 0 Å². The zero-order valence-electron chi connectivity index (χ0n) is 12.4. The summed E-state index contributed by atoms with van der Waals surface area (Å²) >= 11 is 1.50. The van der Waals surface area contributed by atoms with Crippen molar-refractivity contribution in [3.8, 4) is 0 Å². The third kappa shape index (κ3) is 4.24. The molecule has 1 aromatic rings. The maximum atomic E-state index is 12.0. The smallest absolute Gasteiger partial charge is 0.308 e. The summed E-state index contributed by atoms with van der Waals surface area (Å²) in [4.78, 5) is 24.2. The molecule has 1 aliphatic rings. The zero-order valence-corrected chi connectivity index (χ0v) is 13.2. The molecule has 5 heteroatoms. The number of rotatable bonds is 5. The lowest BCUT2D eigenvalue weighted by molar-refractivity contribution is -0.142. The molecule has 1 aromatic carbocycles. The Bertz CT molecular complexity index is 544. The number of thioether (sulfide) groups is 1. The first kappa shape index (κ1) is 15.9. The molecular weight excluding hydrogens is 286 g/mol. The summed E-state index contributed by atoms with van der Waals surface area (Å²) in [6.45, 7) is 4.05. The summed E-state index contributed by atoms with van der Waals surface area (Å²) in [6.07, 6.45) is 2.29. The number of benzene rings is 1. The molecule has 114 valence electrons. The van der Waals surface area contributed by atoms with Crippen molar-refractivity contribution in [1.29, 1.82) is 0 Å². The lowest BCUT2D eigenvalue weighted by atomic mass is 10.0. The Hall–Kier alpha value is -1.49. The van der Waals surface area contributed by atoms with Gasteiger partial charge in [0.2, 0.25) is 5.91 Å². The van der Waals surface area contributed by atoms with Gasteiger partial charge in [-0.2, -0.15) is 0 Å². The van der Waals surface area contributed by atoms with Crippen molar-refractivity contribution in [2.75, 3.05) is 5.75 Å². The van der Waals surface area contributed by atoms with Crippen molar-refractivity contribution >= 4 is 23.6 Å². The van der Waals surface area contributed by atoms with E-state index in [1.54, 1.807) is 0 Å². The first-order valence-electron chi connectivity index (χ1n) is 7.19. The highest BCUT2D eigenvalue weighted by Gasteiger charge is 2.33. The summed E-state index contributed by atoms with van der Waals surface area (Å²) in [5.74, 6) is -0.994. The number of carboxylic acid groups (broad SMARTS) is 1. The van der Waals surface area contributed by atoms with Crippen molar-refractivity contribution in [2.24, 2.45) is 5.92 Å². The van der Waals surface area contributed by atoms with E-state index >= 15 is 0 Å². The third-order valence-electron chi connectivity index (χ3n) is 3.88. The van der Waals surface area contributed by atoms with E-state index in [9.17, 15) is 9.59 Å². The van der Waals surface area contributed by atoms with Crippen LogP contribution in [0.4, 0.5) is 0 Å². The molecule has 1 amide bonds. The van der Waals surface area contributed by atoms with Gasteiger partial charge in [-0.25, -0.2) is 0 Å². The fourth-order valence-electron chi connectivity index (χ4n) is 2.68. The minimum Gasteiger partial charge on any atom is -0.481 e. The average molecular weight is 307 g/mol. The molecule has 0 heterocycles. The van der Waals surface area contributed by atoms with Gasteiger partial charge in [0.1, 0.15) is 0 Å². The second kappa shape index (κ2) is 6.98. The minimum absolute atomic E-state index is 0.0842. The van der Waals surface area contributed by atoms with E-state index in [-0.39, 0.29) is 11.9 Å². The van der Waals surface area contributed by atoms with Gasteiger partial charge < -0.3 is 10.4 Å². The second-order valence-corrected chi connectivity index (χ2v) is 6.62. The SMILES string of the molecule is Cc1ccc(C)c(SCC(=O)N[C@@H]2CCC[C@@H]2C(=O)O)c1. The molecule has 0 aliphatic heterocycles. The minimum atomic E-state index is -0.806. The van der Waals surface area contributed by atoms with Crippen molar-refractivity contribution in [3.05, 3.63) is 29.3 Å². The summed E-state index contributed by atoms with van der Waals surface area (Å²) < 4.78 is 0. The van der Waals surface area contributed by atoms with Gasteiger partial charge in [-0.05, 0) is 38.3 Å². The molecule has 4 nitrogen and oxygen atoms in total. The van der Waals surface area contributed by atoms with Crippen LogP contribution in [-0.2, 0) is 9.59 Å². The quantitative estimate of drug-likeness (QED) is 0.821. The van der Waals surface area contributed by atoms with E-state index in [1.807, 2.05) is 19.9 Å². The predicted octanol–water partition coefficient (Wildman–Crippen LogP) is 2.77. The van der Waals surface area contributed by atoms with Crippen LogP contribution >= 0.6 is 11.8 Å². The van der Waals surface area contributed by atoms with Gasteiger partial charge in [-0.3, -0.25) is 9.59 Å². The van der Waals surface area contributed by atoms with Crippen molar-refractivity contribution < 1.29 is 14.7 Å². The fourth-order valence-corrected chi connectivity index (χ4v) is 3.62. The summed E-state index contributed by atoms with van der Waals surface area (Å²) in [5.41, 5.74) is 2.33. The molecule has 1 fully saturated rings. The largest absolute Gasteiger partial charge is 0.481 e. The van der Waals surface area contributed by atoms with E-state index in [2.05, 4.69) is 17.4 Å². The number of aliphatic carboxylic acids is 1. The predicted molar refractivity (Wildman–Crippen MR) is 83.5 cm³/mol. The average Bonchev–Trinajstić information content (AvgIpc) is 2.88. The third-order valence-corrected chi connectivity index (χ3v) is 5.04. The molecular formula is C16H21NO3S. The highest BCUT2D eigenvalue weighted by molar-refractivity contribution is 8.00. The van der Waals surface area contributed by atoms with Gasteiger partial charge in [-0.15, -0.1) is 11.8 Å². The van der Waals surface area contributed by atoms with Gasteiger partial charge in [0.25, 0.3) is 0 Å². The van der Waals surface area contributed by atoms with E-state index in [0.717, 1.165) is 23.3 Å². The molecule has 0 spiro atoms. The number of amides is 1. The second-order valence-electron chi connectivity index (χ2n) is 5.61. The molecule has 1 aliphatic carbocycles. The van der Waals surface area contributed by atoms with Crippen LogP contribution < -0.4 is 5.32 Å². The van der Waals surface area contributed by atoms with E-state index in [4.69, 9.17) is 5.11 Å². The van der Waals surface area contributed by atoms with E-state index in [1.165, 1.54) is 17.3 Å².